The van der Waals surface area contributed by atoms with Gasteiger partial charge in [0.15, 0.2) is 5.79 Å². The number of carboxylic acids is 1. The maximum absolute atomic E-state index is 12.7. The van der Waals surface area contributed by atoms with E-state index in [2.05, 4.69) is 33.0 Å². The van der Waals surface area contributed by atoms with Crippen molar-refractivity contribution in [3.63, 3.8) is 0 Å². The molecule has 1 aromatic carbocycles. The van der Waals surface area contributed by atoms with Crippen molar-refractivity contribution in [1.82, 2.24) is 0 Å². The fourth-order valence-corrected chi connectivity index (χ4v) is 10.9. The molecule has 5 heterocycles. The molecule has 0 aromatic heterocycles. The number of hydrogen-bond acceptors (Lipinski definition) is 11. The molecule has 1 amide bonds. The summed E-state index contributed by atoms with van der Waals surface area (Å²) in [4.78, 5) is 24.6. The van der Waals surface area contributed by atoms with Gasteiger partial charge >= 0.3 is 12.1 Å². The Morgan fingerprint density at radius 3 is 2.37 bits per heavy atom. The maximum atomic E-state index is 12.7. The second kappa shape index (κ2) is 17.1. The molecule has 322 valence electrons. The Morgan fingerprint density at radius 1 is 1.02 bits per heavy atom. The zero-order valence-corrected chi connectivity index (χ0v) is 35.8. The van der Waals surface area contributed by atoms with E-state index in [1.54, 1.807) is 31.2 Å². The van der Waals surface area contributed by atoms with Gasteiger partial charge in [0.05, 0.1) is 59.8 Å². The summed E-state index contributed by atoms with van der Waals surface area (Å²) in [5.41, 5.74) is -0.731. The van der Waals surface area contributed by atoms with Crippen LogP contribution in [-0.2, 0) is 38.0 Å². The van der Waals surface area contributed by atoms with Gasteiger partial charge in [0.25, 0.3) is 0 Å². The van der Waals surface area contributed by atoms with Gasteiger partial charge in [-0.15, -0.1) is 0 Å². The average Bonchev–Trinajstić information content (AvgIpc) is 3.88. The zero-order chi connectivity index (χ0) is 41.7. The van der Waals surface area contributed by atoms with Gasteiger partial charge in [-0.2, -0.15) is 0 Å². The van der Waals surface area contributed by atoms with Crippen LogP contribution in [0, 0.1) is 35.5 Å². The van der Waals surface area contributed by atoms with Crippen LogP contribution >= 0.6 is 11.6 Å². The number of aliphatic carboxylic acids is 1. The van der Waals surface area contributed by atoms with Crippen molar-refractivity contribution in [3.8, 4) is 0 Å². The predicted molar refractivity (Wildman–Crippen MR) is 212 cm³/mol. The monoisotopic (exact) mass is 823 g/mol. The molecule has 4 N–H and O–H groups in total. The van der Waals surface area contributed by atoms with E-state index < -0.39 is 65.2 Å². The summed E-state index contributed by atoms with van der Waals surface area (Å²) in [7, 11) is 1.52. The molecule has 14 heteroatoms. The number of nitrogens with one attached hydrogen (secondary N) is 1. The van der Waals surface area contributed by atoms with Crippen molar-refractivity contribution in [1.29, 1.82) is 0 Å². The zero-order valence-electron chi connectivity index (χ0n) is 35.1. The number of halogens is 1. The summed E-state index contributed by atoms with van der Waals surface area (Å²) in [6.45, 7) is 15.6. The van der Waals surface area contributed by atoms with Crippen LogP contribution in [-0.4, -0.2) is 107 Å². The van der Waals surface area contributed by atoms with Crippen molar-refractivity contribution in [2.75, 3.05) is 19.0 Å². The van der Waals surface area contributed by atoms with Gasteiger partial charge in [-0.05, 0) is 88.5 Å². The first-order valence-electron chi connectivity index (χ1n) is 21.0. The smallest absolute Gasteiger partial charge is 0.411 e. The number of hydrogen-bond donors (Lipinski definition) is 4. The van der Waals surface area contributed by atoms with Crippen LogP contribution in [0.2, 0.25) is 5.02 Å². The molecule has 5 fully saturated rings. The Morgan fingerprint density at radius 2 is 1.72 bits per heavy atom. The molecule has 0 bridgehead atoms. The van der Waals surface area contributed by atoms with Crippen LogP contribution in [0.5, 0.6) is 0 Å². The molecule has 0 saturated carbocycles. The number of benzene rings is 1. The summed E-state index contributed by atoms with van der Waals surface area (Å²) < 4.78 is 45.5. The van der Waals surface area contributed by atoms with Crippen LogP contribution in [0.1, 0.15) is 107 Å². The number of amides is 1. The summed E-state index contributed by atoms with van der Waals surface area (Å²) >= 11 is 5.96. The lowest BCUT2D eigenvalue weighted by Crippen LogP contribution is -2.57. The van der Waals surface area contributed by atoms with Crippen molar-refractivity contribution in [2.24, 2.45) is 35.5 Å². The number of aliphatic hydroxyl groups is 2. The van der Waals surface area contributed by atoms with Gasteiger partial charge in [0.1, 0.15) is 6.61 Å². The molecule has 1 aromatic rings. The number of rotatable bonds is 12. The molecule has 13 nitrogen and oxygen atoms in total. The molecule has 17 atom stereocenters. The van der Waals surface area contributed by atoms with Gasteiger partial charge in [-0.3, -0.25) is 10.1 Å². The van der Waals surface area contributed by atoms with E-state index in [1.165, 1.54) is 7.11 Å². The summed E-state index contributed by atoms with van der Waals surface area (Å²) in [5.74, 6) is -5.04. The molecule has 0 unspecified atom stereocenters. The van der Waals surface area contributed by atoms with E-state index in [9.17, 15) is 24.9 Å². The number of carboxylic acid groups (broad SMARTS) is 1. The van der Waals surface area contributed by atoms with Gasteiger partial charge in [0.2, 0.25) is 5.79 Å². The molecule has 5 aliphatic heterocycles. The van der Waals surface area contributed by atoms with Crippen molar-refractivity contribution < 1.29 is 58.1 Å². The highest BCUT2D eigenvalue weighted by molar-refractivity contribution is 6.30. The number of carbonyl (C=O) groups is 2. The SMILES string of the molecule is CC[C@@]1([C@@H]2O[C@@H]([C@H]3O[C@@](O)(COC(=O)Nc4ccc(Cl)cc4)[C@H](C)C[C@@H]3C)C[C@@H]2C)CC[C@H]([C@]2(C)CC[C@]3(C[C@H](O)[C@@H](C)[C@@H]([C@@H](C)[C@@H](OC)[C@H](C)C(=O)O)O3)O2)O1. The third-order valence-electron chi connectivity index (χ3n) is 14.3. The molecule has 1 spiro atoms. The Bertz CT molecular complexity index is 1570. The van der Waals surface area contributed by atoms with E-state index >= 15 is 0 Å². The number of methoxy groups -OCH3 is 1. The number of ether oxygens (including phenoxy) is 7. The Kier molecular flexibility index (Phi) is 13.4. The van der Waals surface area contributed by atoms with E-state index in [-0.39, 0.29) is 54.5 Å². The van der Waals surface area contributed by atoms with Crippen LogP contribution in [0.4, 0.5) is 10.5 Å². The Balaban J connectivity index is 1.10. The molecule has 5 saturated heterocycles. The lowest BCUT2D eigenvalue weighted by molar-refractivity contribution is -0.336. The summed E-state index contributed by atoms with van der Waals surface area (Å²) in [5, 5.41) is 36.0. The van der Waals surface area contributed by atoms with Crippen LogP contribution in [0.25, 0.3) is 0 Å². The van der Waals surface area contributed by atoms with Crippen molar-refractivity contribution >= 4 is 29.4 Å². The quantitative estimate of drug-likeness (QED) is 0.168. The minimum Gasteiger partial charge on any atom is -0.481 e. The van der Waals surface area contributed by atoms with Gasteiger partial charge in [-0.25, -0.2) is 4.79 Å². The first kappa shape index (κ1) is 44.5. The summed E-state index contributed by atoms with van der Waals surface area (Å²) in [6.07, 6.45) is 1.56. The Hall–Kier alpha value is -2.07. The number of carbonyl (C=O) groups excluding carboxylic acids is 1. The van der Waals surface area contributed by atoms with Gasteiger partial charge in [0, 0.05) is 48.4 Å². The lowest BCUT2D eigenvalue weighted by atomic mass is 9.78. The number of anilines is 1. The molecule has 6 rings (SSSR count). The highest BCUT2D eigenvalue weighted by Gasteiger charge is 2.62. The maximum Gasteiger partial charge on any atom is 0.411 e. The second-order valence-electron chi connectivity index (χ2n) is 18.3. The fraction of sp³-hybridized carbons (Fsp3) is 0.814. The van der Waals surface area contributed by atoms with Crippen molar-refractivity contribution in [2.45, 2.75) is 172 Å². The standard InChI is InChI=1S/C43H66ClNO12/c1-10-41(16-15-33(54-41)40(8)17-18-42(57-40)21-31(46)26(5)36(55-42)27(6)35(51-9)28(7)38(47)48)37-24(3)20-32(53-37)34-23(2)19-25(4)43(50,56-34)22-52-39(49)45-30-13-11-29(44)12-14-30/h11-14,23-28,31-37,46,50H,10,15-22H2,1-9H3,(H,45,49)(H,47,48)/t23-,24-,25+,26+,27-,28-,31-,32+,33+,34-,35+,36-,37+,40-,41-,42+,43-/m0/s1. The highest BCUT2D eigenvalue weighted by atomic mass is 35.5. The van der Waals surface area contributed by atoms with Crippen LogP contribution < -0.4 is 5.32 Å². The van der Waals surface area contributed by atoms with E-state index in [1.807, 2.05) is 20.8 Å². The average molecular weight is 824 g/mol. The minimum absolute atomic E-state index is 0.0857. The predicted octanol–water partition coefficient (Wildman–Crippen LogP) is 7.18. The highest BCUT2D eigenvalue weighted by Crippen LogP contribution is 2.55. The minimum atomic E-state index is -1.69. The second-order valence-corrected chi connectivity index (χ2v) is 18.8. The van der Waals surface area contributed by atoms with E-state index in [0.717, 1.165) is 25.7 Å². The van der Waals surface area contributed by atoms with Gasteiger partial charge < -0.3 is 48.5 Å². The Labute approximate surface area is 342 Å². The third kappa shape index (κ3) is 8.89. The van der Waals surface area contributed by atoms with E-state index in [4.69, 9.17) is 44.8 Å². The fourth-order valence-electron chi connectivity index (χ4n) is 10.8. The first-order chi connectivity index (χ1) is 26.8. The van der Waals surface area contributed by atoms with Gasteiger partial charge in [-0.1, -0.05) is 53.1 Å². The van der Waals surface area contributed by atoms with E-state index in [0.29, 0.717) is 36.4 Å². The molecule has 0 aliphatic carbocycles. The molecule has 0 radical (unpaired) electrons. The lowest BCUT2D eigenvalue weighted by Gasteiger charge is -2.49. The van der Waals surface area contributed by atoms with Crippen LogP contribution in [0.15, 0.2) is 24.3 Å². The normalized spacial score (nSPS) is 43.8. The van der Waals surface area contributed by atoms with Crippen LogP contribution in [0.3, 0.4) is 0 Å². The molecule has 57 heavy (non-hydrogen) atoms. The molecular formula is C43H66ClNO12. The molecular weight excluding hydrogens is 758 g/mol. The first-order valence-corrected chi connectivity index (χ1v) is 21.4. The third-order valence-corrected chi connectivity index (χ3v) is 14.6. The largest absolute Gasteiger partial charge is 0.481 e. The summed E-state index contributed by atoms with van der Waals surface area (Å²) in [6, 6.07) is 6.66. The molecule has 5 aliphatic rings. The van der Waals surface area contributed by atoms with Crippen molar-refractivity contribution in [3.05, 3.63) is 29.3 Å². The topological polar surface area (TPSA) is 171 Å². The number of aliphatic hydroxyl groups excluding tert-OH is 1.